The largest absolute Gasteiger partial charge is 0.355 e. The summed E-state index contributed by atoms with van der Waals surface area (Å²) in [6.07, 6.45) is -0.0378. The number of hydrogen-bond acceptors (Lipinski definition) is 4. The molecule has 0 saturated heterocycles. The van der Waals surface area contributed by atoms with Crippen LogP contribution in [0.3, 0.4) is 0 Å². The lowest BCUT2D eigenvalue weighted by Gasteiger charge is -2.19. The van der Waals surface area contributed by atoms with Gasteiger partial charge in [-0.25, -0.2) is 17.2 Å². The van der Waals surface area contributed by atoms with Crippen molar-refractivity contribution in [3.63, 3.8) is 0 Å². The van der Waals surface area contributed by atoms with Gasteiger partial charge in [-0.15, -0.1) is 0 Å². The Labute approximate surface area is 189 Å². The molecule has 1 atom stereocenters. The molecule has 0 saturated carbocycles. The van der Waals surface area contributed by atoms with Crippen molar-refractivity contribution in [2.75, 3.05) is 12.4 Å². The van der Waals surface area contributed by atoms with Gasteiger partial charge >= 0.3 is 0 Å². The Bertz CT molecular complexity index is 1270. The standard InChI is InChI=1S/C23H21F2N3O4S/c1-26-22(29)17-14-16(11-12-18(17)24)27-23(30)20(13-15-7-3-2-4-8-15)28-33(31,32)21-10-6-5-9-19(21)25/h2-12,14,20,28H,13H2,1H3,(H,26,29)(H,27,30)/t20-/m0/s1. The summed E-state index contributed by atoms with van der Waals surface area (Å²) >= 11 is 0. The summed E-state index contributed by atoms with van der Waals surface area (Å²) in [5.74, 6) is -3.20. The van der Waals surface area contributed by atoms with Crippen LogP contribution in [0.4, 0.5) is 14.5 Å². The van der Waals surface area contributed by atoms with E-state index >= 15 is 0 Å². The zero-order valence-electron chi connectivity index (χ0n) is 17.5. The summed E-state index contributed by atoms with van der Waals surface area (Å²) in [7, 11) is -3.06. The van der Waals surface area contributed by atoms with Crippen LogP contribution in [-0.4, -0.2) is 33.3 Å². The summed E-state index contributed by atoms with van der Waals surface area (Å²) in [6.45, 7) is 0. The Balaban J connectivity index is 1.90. The Morgan fingerprint density at radius 1 is 0.909 bits per heavy atom. The Hall–Kier alpha value is -3.63. The van der Waals surface area contributed by atoms with Crippen LogP contribution in [0.1, 0.15) is 15.9 Å². The fraction of sp³-hybridized carbons (Fsp3) is 0.130. The van der Waals surface area contributed by atoms with Crippen LogP contribution >= 0.6 is 0 Å². The molecular weight excluding hydrogens is 452 g/mol. The van der Waals surface area contributed by atoms with E-state index in [2.05, 4.69) is 15.4 Å². The second-order valence-corrected chi connectivity index (χ2v) is 8.74. The van der Waals surface area contributed by atoms with Gasteiger partial charge in [-0.3, -0.25) is 9.59 Å². The van der Waals surface area contributed by atoms with Crippen molar-refractivity contribution in [3.05, 3.63) is 95.6 Å². The molecule has 0 aliphatic rings. The van der Waals surface area contributed by atoms with E-state index in [0.717, 1.165) is 24.3 Å². The third-order valence-electron chi connectivity index (χ3n) is 4.73. The molecule has 33 heavy (non-hydrogen) atoms. The van der Waals surface area contributed by atoms with Gasteiger partial charge in [0.15, 0.2) is 0 Å². The highest BCUT2D eigenvalue weighted by atomic mass is 32.2. The molecule has 7 nitrogen and oxygen atoms in total. The molecule has 2 amide bonds. The van der Waals surface area contributed by atoms with Gasteiger partial charge in [0.2, 0.25) is 15.9 Å². The predicted molar refractivity (Wildman–Crippen MR) is 119 cm³/mol. The number of rotatable bonds is 8. The lowest BCUT2D eigenvalue weighted by Crippen LogP contribution is -2.45. The van der Waals surface area contributed by atoms with Crippen molar-refractivity contribution >= 4 is 27.5 Å². The predicted octanol–water partition coefficient (Wildman–Crippen LogP) is 2.85. The number of benzene rings is 3. The highest BCUT2D eigenvalue weighted by Gasteiger charge is 2.28. The molecule has 0 aliphatic carbocycles. The number of halogens is 2. The van der Waals surface area contributed by atoms with Gasteiger partial charge in [-0.2, -0.15) is 4.72 Å². The molecule has 0 bridgehead atoms. The smallest absolute Gasteiger partial charge is 0.254 e. The van der Waals surface area contributed by atoms with Crippen molar-refractivity contribution < 1.29 is 26.8 Å². The van der Waals surface area contributed by atoms with Gasteiger partial charge < -0.3 is 10.6 Å². The van der Waals surface area contributed by atoms with Gasteiger partial charge in [-0.05, 0) is 42.3 Å². The summed E-state index contributed by atoms with van der Waals surface area (Å²) in [5, 5.41) is 4.78. The third-order valence-corrected chi connectivity index (χ3v) is 6.23. The Morgan fingerprint density at radius 2 is 1.58 bits per heavy atom. The molecule has 3 N–H and O–H groups in total. The number of amides is 2. The number of sulfonamides is 1. The minimum atomic E-state index is -4.39. The molecule has 172 valence electrons. The highest BCUT2D eigenvalue weighted by Crippen LogP contribution is 2.18. The van der Waals surface area contributed by atoms with E-state index < -0.39 is 44.4 Å². The molecule has 0 heterocycles. The van der Waals surface area contributed by atoms with Crippen molar-refractivity contribution in [3.8, 4) is 0 Å². The maximum atomic E-state index is 14.1. The molecule has 0 aromatic heterocycles. The van der Waals surface area contributed by atoms with E-state index in [9.17, 15) is 26.8 Å². The Kier molecular flexibility index (Phi) is 7.52. The van der Waals surface area contributed by atoms with Crippen LogP contribution in [0.5, 0.6) is 0 Å². The number of nitrogens with one attached hydrogen (secondary N) is 3. The van der Waals surface area contributed by atoms with Crippen LogP contribution in [0.15, 0.2) is 77.7 Å². The second-order valence-electron chi connectivity index (χ2n) is 7.06. The van der Waals surface area contributed by atoms with Gasteiger partial charge in [0.05, 0.1) is 5.56 Å². The Morgan fingerprint density at radius 3 is 2.24 bits per heavy atom. The minimum absolute atomic E-state index is 0.0378. The SMILES string of the molecule is CNC(=O)c1cc(NC(=O)[C@H](Cc2ccccc2)NS(=O)(=O)c2ccccc2F)ccc1F. The van der Waals surface area contributed by atoms with Crippen LogP contribution in [0.2, 0.25) is 0 Å². The van der Waals surface area contributed by atoms with Crippen LogP contribution in [0, 0.1) is 11.6 Å². The number of carbonyl (C=O) groups is 2. The lowest BCUT2D eigenvalue weighted by molar-refractivity contribution is -0.117. The maximum Gasteiger partial charge on any atom is 0.254 e. The molecule has 0 fully saturated rings. The topological polar surface area (TPSA) is 104 Å². The zero-order valence-corrected chi connectivity index (χ0v) is 18.3. The van der Waals surface area contributed by atoms with E-state index in [1.54, 1.807) is 30.3 Å². The monoisotopic (exact) mass is 473 g/mol. The quantitative estimate of drug-likeness (QED) is 0.468. The van der Waals surface area contributed by atoms with Crippen molar-refractivity contribution in [2.45, 2.75) is 17.4 Å². The van der Waals surface area contributed by atoms with Gasteiger partial charge in [-0.1, -0.05) is 42.5 Å². The van der Waals surface area contributed by atoms with Crippen LogP contribution in [0.25, 0.3) is 0 Å². The third kappa shape index (κ3) is 5.99. The average molecular weight is 474 g/mol. The molecule has 3 aromatic rings. The van der Waals surface area contributed by atoms with Gasteiger partial charge in [0.1, 0.15) is 22.6 Å². The van der Waals surface area contributed by atoms with Gasteiger partial charge in [0.25, 0.3) is 5.91 Å². The first-order chi connectivity index (χ1) is 15.7. The van der Waals surface area contributed by atoms with E-state index in [1.165, 1.54) is 25.2 Å². The van der Waals surface area contributed by atoms with Crippen LogP contribution in [-0.2, 0) is 21.2 Å². The van der Waals surface area contributed by atoms with E-state index in [1.807, 2.05) is 0 Å². The normalized spacial score (nSPS) is 12.1. The number of hydrogen-bond donors (Lipinski definition) is 3. The zero-order chi connectivity index (χ0) is 24.0. The second kappa shape index (κ2) is 10.3. The first-order valence-electron chi connectivity index (χ1n) is 9.84. The fourth-order valence-electron chi connectivity index (χ4n) is 3.09. The molecule has 0 aliphatic heterocycles. The van der Waals surface area contributed by atoms with Crippen LogP contribution < -0.4 is 15.4 Å². The van der Waals surface area contributed by atoms with Gasteiger partial charge in [0, 0.05) is 12.7 Å². The number of anilines is 1. The molecule has 10 heteroatoms. The fourth-order valence-corrected chi connectivity index (χ4v) is 4.37. The molecule has 3 rings (SSSR count). The summed E-state index contributed by atoms with van der Waals surface area (Å²) in [6, 6.07) is 15.5. The van der Waals surface area contributed by atoms with E-state index in [0.29, 0.717) is 5.56 Å². The molecule has 0 unspecified atom stereocenters. The van der Waals surface area contributed by atoms with Crippen molar-refractivity contribution in [1.82, 2.24) is 10.0 Å². The first-order valence-corrected chi connectivity index (χ1v) is 11.3. The van der Waals surface area contributed by atoms with E-state index in [-0.39, 0.29) is 17.7 Å². The molecule has 0 spiro atoms. The first kappa shape index (κ1) is 24.0. The maximum absolute atomic E-state index is 14.1. The summed E-state index contributed by atoms with van der Waals surface area (Å²) < 4.78 is 55.9. The van der Waals surface area contributed by atoms with Crippen molar-refractivity contribution in [2.24, 2.45) is 0 Å². The molecule has 3 aromatic carbocycles. The summed E-state index contributed by atoms with van der Waals surface area (Å²) in [5.41, 5.74) is 0.448. The summed E-state index contributed by atoms with van der Waals surface area (Å²) in [4.78, 5) is 24.3. The highest BCUT2D eigenvalue weighted by molar-refractivity contribution is 7.89. The minimum Gasteiger partial charge on any atom is -0.355 e. The molecule has 0 radical (unpaired) electrons. The average Bonchev–Trinajstić information content (AvgIpc) is 2.80. The molecular formula is C23H21F2N3O4S. The van der Waals surface area contributed by atoms with Crippen molar-refractivity contribution in [1.29, 1.82) is 0 Å². The lowest BCUT2D eigenvalue weighted by atomic mass is 10.1. The van der Waals surface area contributed by atoms with E-state index in [4.69, 9.17) is 0 Å². The number of carbonyl (C=O) groups excluding carboxylic acids is 2.